The molecule has 0 unspecified atom stereocenters. The number of rotatable bonds is 2. The molecular weight excluding hydrogens is 188 g/mol. The average Bonchev–Trinajstić information content (AvgIpc) is 2.28. The molecule has 74 valence electrons. The molecule has 0 saturated heterocycles. The minimum atomic E-state index is -0.0473. The van der Waals surface area contributed by atoms with Gasteiger partial charge in [0.15, 0.2) is 5.43 Å². The summed E-state index contributed by atoms with van der Waals surface area (Å²) in [5.41, 5.74) is 1.03. The van der Waals surface area contributed by atoms with Gasteiger partial charge in [0, 0.05) is 12.1 Å². The van der Waals surface area contributed by atoms with Crippen LogP contribution >= 0.6 is 0 Å². The second kappa shape index (κ2) is 4.42. The molecule has 2 heteroatoms. The molecule has 0 bridgehead atoms. The molecular formula is C13H10O2. The maximum absolute atomic E-state index is 11.0. The monoisotopic (exact) mass is 198 g/mol. The average molecular weight is 198 g/mol. The van der Waals surface area contributed by atoms with Crippen molar-refractivity contribution in [2.45, 2.75) is 0 Å². The summed E-state index contributed by atoms with van der Waals surface area (Å²) in [6.45, 7) is 0. The van der Waals surface area contributed by atoms with Crippen LogP contribution in [0.5, 0.6) is 0 Å². The Morgan fingerprint density at radius 1 is 1.00 bits per heavy atom. The molecule has 0 radical (unpaired) electrons. The summed E-state index contributed by atoms with van der Waals surface area (Å²) in [5.74, 6) is 0.561. The molecule has 2 nitrogen and oxygen atoms in total. The fourth-order valence-corrected chi connectivity index (χ4v) is 1.23. The molecule has 2 aromatic rings. The molecule has 0 aliphatic rings. The van der Waals surface area contributed by atoms with E-state index in [1.807, 2.05) is 36.4 Å². The molecule has 0 aliphatic heterocycles. The molecule has 0 fully saturated rings. The molecule has 0 amide bonds. The minimum absolute atomic E-state index is 0.0473. The van der Waals surface area contributed by atoms with E-state index in [9.17, 15) is 4.79 Å². The largest absolute Gasteiger partial charge is 0.465 e. The molecule has 0 aliphatic carbocycles. The zero-order chi connectivity index (χ0) is 10.5. The zero-order valence-corrected chi connectivity index (χ0v) is 8.09. The van der Waals surface area contributed by atoms with Crippen molar-refractivity contribution in [2.24, 2.45) is 0 Å². The predicted molar refractivity (Wildman–Crippen MR) is 60.3 cm³/mol. The van der Waals surface area contributed by atoms with Crippen molar-refractivity contribution in [1.82, 2.24) is 0 Å². The minimum Gasteiger partial charge on any atom is -0.465 e. The Hall–Kier alpha value is -2.09. The highest BCUT2D eigenvalue weighted by Crippen LogP contribution is 2.05. The fourth-order valence-electron chi connectivity index (χ4n) is 1.23. The van der Waals surface area contributed by atoms with Gasteiger partial charge in [0.25, 0.3) is 0 Å². The van der Waals surface area contributed by atoms with Gasteiger partial charge in [-0.25, -0.2) is 0 Å². The van der Waals surface area contributed by atoms with Crippen LogP contribution in [0, 0.1) is 0 Å². The lowest BCUT2D eigenvalue weighted by Gasteiger charge is -1.92. The third-order valence-corrected chi connectivity index (χ3v) is 1.96. The molecule has 2 rings (SSSR count). The quantitative estimate of drug-likeness (QED) is 0.742. The lowest BCUT2D eigenvalue weighted by Crippen LogP contribution is -1.94. The van der Waals surface area contributed by atoms with E-state index in [0.717, 1.165) is 5.56 Å². The SMILES string of the molecule is O=c1ccoc(C=Cc2ccccc2)c1. The van der Waals surface area contributed by atoms with Gasteiger partial charge < -0.3 is 4.42 Å². The van der Waals surface area contributed by atoms with Crippen LogP contribution in [0.25, 0.3) is 12.2 Å². The smallest absolute Gasteiger partial charge is 0.185 e. The van der Waals surface area contributed by atoms with E-state index in [1.54, 1.807) is 6.08 Å². The molecule has 0 atom stereocenters. The molecule has 15 heavy (non-hydrogen) atoms. The summed E-state index contributed by atoms with van der Waals surface area (Å²) >= 11 is 0. The van der Waals surface area contributed by atoms with Crippen LogP contribution in [-0.4, -0.2) is 0 Å². The van der Waals surface area contributed by atoms with E-state index in [-0.39, 0.29) is 5.43 Å². The number of benzene rings is 1. The third-order valence-electron chi connectivity index (χ3n) is 1.96. The Morgan fingerprint density at radius 2 is 1.80 bits per heavy atom. The fraction of sp³-hybridized carbons (Fsp3) is 0. The van der Waals surface area contributed by atoms with Crippen LogP contribution in [0.15, 0.2) is 57.9 Å². The normalized spacial score (nSPS) is 10.7. The summed E-state index contributed by atoms with van der Waals surface area (Å²) in [6.07, 6.45) is 5.07. The van der Waals surface area contributed by atoms with E-state index < -0.39 is 0 Å². The highest BCUT2D eigenvalue weighted by atomic mass is 16.3. The predicted octanol–water partition coefficient (Wildman–Crippen LogP) is 2.81. The van der Waals surface area contributed by atoms with Gasteiger partial charge in [0.2, 0.25) is 0 Å². The van der Waals surface area contributed by atoms with E-state index in [2.05, 4.69) is 0 Å². The van der Waals surface area contributed by atoms with Gasteiger partial charge in [-0.3, -0.25) is 4.79 Å². The molecule has 1 aromatic carbocycles. The molecule has 0 saturated carbocycles. The van der Waals surface area contributed by atoms with Crippen molar-refractivity contribution in [3.63, 3.8) is 0 Å². The van der Waals surface area contributed by atoms with Gasteiger partial charge in [0.1, 0.15) is 5.76 Å². The van der Waals surface area contributed by atoms with Crippen LogP contribution in [0.4, 0.5) is 0 Å². The van der Waals surface area contributed by atoms with Crippen molar-refractivity contribution in [2.75, 3.05) is 0 Å². The first-order chi connectivity index (χ1) is 7.34. The number of hydrogen-bond acceptors (Lipinski definition) is 2. The van der Waals surface area contributed by atoms with E-state index in [4.69, 9.17) is 4.42 Å². The summed E-state index contributed by atoms with van der Waals surface area (Å²) in [4.78, 5) is 11.0. The summed E-state index contributed by atoms with van der Waals surface area (Å²) < 4.78 is 5.14. The maximum Gasteiger partial charge on any atom is 0.185 e. The maximum atomic E-state index is 11.0. The first-order valence-corrected chi connectivity index (χ1v) is 4.66. The Bertz CT molecular complexity index is 509. The highest BCUT2D eigenvalue weighted by molar-refractivity contribution is 5.66. The van der Waals surface area contributed by atoms with Crippen LogP contribution in [-0.2, 0) is 0 Å². The first kappa shape index (κ1) is 9.46. The van der Waals surface area contributed by atoms with Crippen LogP contribution in [0.1, 0.15) is 11.3 Å². The Balaban J connectivity index is 2.23. The molecule has 0 spiro atoms. The Kier molecular flexibility index (Phi) is 2.79. The second-order valence-corrected chi connectivity index (χ2v) is 3.11. The Labute approximate surface area is 87.5 Å². The van der Waals surface area contributed by atoms with E-state index >= 15 is 0 Å². The van der Waals surface area contributed by atoms with Crippen molar-refractivity contribution in [3.8, 4) is 0 Å². The van der Waals surface area contributed by atoms with Crippen molar-refractivity contribution in [3.05, 3.63) is 70.3 Å². The Morgan fingerprint density at radius 3 is 2.53 bits per heavy atom. The van der Waals surface area contributed by atoms with Crippen molar-refractivity contribution in [1.29, 1.82) is 0 Å². The van der Waals surface area contributed by atoms with Crippen LogP contribution < -0.4 is 5.43 Å². The van der Waals surface area contributed by atoms with Gasteiger partial charge in [-0.1, -0.05) is 36.4 Å². The standard InChI is InChI=1S/C13H10O2/c14-12-8-9-15-13(10-12)7-6-11-4-2-1-3-5-11/h1-10H. The first-order valence-electron chi connectivity index (χ1n) is 4.66. The topological polar surface area (TPSA) is 30.2 Å². The number of hydrogen-bond donors (Lipinski definition) is 0. The lowest BCUT2D eigenvalue weighted by molar-refractivity contribution is 0.538. The summed E-state index contributed by atoms with van der Waals surface area (Å²) in [5, 5.41) is 0. The van der Waals surface area contributed by atoms with Gasteiger partial charge in [-0.05, 0) is 11.6 Å². The summed E-state index contributed by atoms with van der Waals surface area (Å²) in [6, 6.07) is 12.7. The molecule has 1 aromatic heterocycles. The van der Waals surface area contributed by atoms with E-state index in [0.29, 0.717) is 5.76 Å². The van der Waals surface area contributed by atoms with Gasteiger partial charge in [-0.15, -0.1) is 0 Å². The van der Waals surface area contributed by atoms with Crippen molar-refractivity contribution >= 4 is 12.2 Å². The molecule has 0 N–H and O–H groups in total. The van der Waals surface area contributed by atoms with Gasteiger partial charge in [-0.2, -0.15) is 0 Å². The summed E-state index contributed by atoms with van der Waals surface area (Å²) in [7, 11) is 0. The zero-order valence-electron chi connectivity index (χ0n) is 8.09. The van der Waals surface area contributed by atoms with Gasteiger partial charge in [0.05, 0.1) is 6.26 Å². The third kappa shape index (κ3) is 2.68. The second-order valence-electron chi connectivity index (χ2n) is 3.11. The van der Waals surface area contributed by atoms with Gasteiger partial charge >= 0.3 is 0 Å². The molecule has 1 heterocycles. The van der Waals surface area contributed by atoms with Crippen LogP contribution in [0.3, 0.4) is 0 Å². The van der Waals surface area contributed by atoms with Crippen LogP contribution in [0.2, 0.25) is 0 Å². The van der Waals surface area contributed by atoms with E-state index in [1.165, 1.54) is 18.4 Å². The lowest BCUT2D eigenvalue weighted by atomic mass is 10.2. The highest BCUT2D eigenvalue weighted by Gasteiger charge is 1.90. The van der Waals surface area contributed by atoms with Crippen molar-refractivity contribution < 1.29 is 4.42 Å².